The van der Waals surface area contributed by atoms with E-state index in [0.717, 1.165) is 4.90 Å². The first-order chi connectivity index (χ1) is 17.4. The standard InChI is InChI=1S/C27H22N2O7/c1-33-15-9-10-18-19(13-15)28-22(23(18)29-26(31)16-7-5-6-8-17(16)27(29)32)24(30)14-11-20(34-2)25(36-4)21(12-14)35-3/h5-13,28H,1-4H3. The molecule has 5 rings (SSSR count). The highest BCUT2D eigenvalue weighted by Crippen LogP contribution is 2.42. The lowest BCUT2D eigenvalue weighted by Crippen LogP contribution is -2.30. The van der Waals surface area contributed by atoms with Crippen LogP contribution in [0.15, 0.2) is 54.6 Å². The lowest BCUT2D eigenvalue weighted by Gasteiger charge is -2.16. The fraction of sp³-hybridized carbons (Fsp3) is 0.148. The number of fused-ring (bicyclic) bond motifs is 2. The Morgan fingerprint density at radius 1 is 0.778 bits per heavy atom. The van der Waals surface area contributed by atoms with Crippen molar-refractivity contribution in [2.45, 2.75) is 0 Å². The molecular weight excluding hydrogens is 464 g/mol. The van der Waals surface area contributed by atoms with Crippen molar-refractivity contribution in [3.63, 3.8) is 0 Å². The summed E-state index contributed by atoms with van der Waals surface area (Å²) in [5, 5.41) is 0.515. The molecule has 0 bridgehead atoms. The Morgan fingerprint density at radius 3 is 1.92 bits per heavy atom. The van der Waals surface area contributed by atoms with E-state index < -0.39 is 17.6 Å². The van der Waals surface area contributed by atoms with Gasteiger partial charge in [0.15, 0.2) is 11.5 Å². The molecule has 36 heavy (non-hydrogen) atoms. The fourth-order valence-corrected chi connectivity index (χ4v) is 4.43. The number of H-pyrrole nitrogens is 1. The van der Waals surface area contributed by atoms with Crippen molar-refractivity contribution in [3.05, 3.63) is 77.0 Å². The molecule has 1 aromatic heterocycles. The molecule has 0 radical (unpaired) electrons. The molecule has 2 heterocycles. The summed E-state index contributed by atoms with van der Waals surface area (Å²) in [6.45, 7) is 0. The average Bonchev–Trinajstić information content (AvgIpc) is 3.40. The average molecular weight is 486 g/mol. The molecule has 0 aliphatic carbocycles. The number of hydrogen-bond acceptors (Lipinski definition) is 7. The molecule has 0 atom stereocenters. The molecule has 0 unspecified atom stereocenters. The Kier molecular flexibility index (Phi) is 5.60. The summed E-state index contributed by atoms with van der Waals surface area (Å²) in [6, 6.07) is 14.7. The Bertz CT molecular complexity index is 1490. The molecule has 0 saturated carbocycles. The number of nitrogens with zero attached hydrogens (tertiary/aromatic N) is 1. The zero-order valence-electron chi connectivity index (χ0n) is 20.0. The lowest BCUT2D eigenvalue weighted by molar-refractivity contribution is 0.0926. The van der Waals surface area contributed by atoms with Gasteiger partial charge in [0, 0.05) is 17.0 Å². The molecule has 1 N–H and O–H groups in total. The van der Waals surface area contributed by atoms with Gasteiger partial charge in [0.25, 0.3) is 11.8 Å². The maximum absolute atomic E-state index is 13.9. The quantitative estimate of drug-likeness (QED) is 0.308. The van der Waals surface area contributed by atoms with Crippen LogP contribution < -0.4 is 23.8 Å². The van der Waals surface area contributed by atoms with Gasteiger partial charge in [-0.25, -0.2) is 4.90 Å². The summed E-state index contributed by atoms with van der Waals surface area (Å²) in [5.74, 6) is -0.0306. The lowest BCUT2D eigenvalue weighted by atomic mass is 10.0. The van der Waals surface area contributed by atoms with E-state index in [1.807, 2.05) is 0 Å². The predicted molar refractivity (Wildman–Crippen MR) is 132 cm³/mol. The number of hydrogen-bond donors (Lipinski definition) is 1. The second kappa shape index (κ2) is 8.77. The predicted octanol–water partition coefficient (Wildman–Crippen LogP) is 4.23. The molecule has 1 aliphatic heterocycles. The topological polar surface area (TPSA) is 107 Å². The van der Waals surface area contributed by atoms with Crippen LogP contribution >= 0.6 is 0 Å². The Labute approximate surface area is 206 Å². The molecule has 2 amide bonds. The van der Waals surface area contributed by atoms with Gasteiger partial charge in [-0.15, -0.1) is 0 Å². The van der Waals surface area contributed by atoms with E-state index in [9.17, 15) is 14.4 Å². The third-order valence-electron chi connectivity index (χ3n) is 6.15. The minimum atomic E-state index is -0.508. The van der Waals surface area contributed by atoms with E-state index in [2.05, 4.69) is 4.98 Å². The minimum absolute atomic E-state index is 0.0574. The van der Waals surface area contributed by atoms with Gasteiger partial charge in [0.1, 0.15) is 11.4 Å². The van der Waals surface area contributed by atoms with Gasteiger partial charge in [-0.1, -0.05) is 12.1 Å². The number of amides is 2. The molecule has 0 spiro atoms. The van der Waals surface area contributed by atoms with Crippen LogP contribution in [0.3, 0.4) is 0 Å². The first kappa shape index (κ1) is 23.0. The number of ketones is 1. The van der Waals surface area contributed by atoms with Crippen molar-refractivity contribution < 1.29 is 33.3 Å². The van der Waals surface area contributed by atoms with Gasteiger partial charge in [0.2, 0.25) is 11.5 Å². The number of benzene rings is 3. The highest BCUT2D eigenvalue weighted by molar-refractivity contribution is 6.37. The Balaban J connectivity index is 1.74. The van der Waals surface area contributed by atoms with Crippen LogP contribution in [0.2, 0.25) is 0 Å². The van der Waals surface area contributed by atoms with E-state index in [-0.39, 0.29) is 28.1 Å². The zero-order chi connectivity index (χ0) is 25.6. The monoisotopic (exact) mass is 486 g/mol. The van der Waals surface area contributed by atoms with Gasteiger partial charge in [-0.05, 0) is 36.4 Å². The highest BCUT2D eigenvalue weighted by atomic mass is 16.5. The number of anilines is 1. The van der Waals surface area contributed by atoms with E-state index in [1.165, 1.54) is 40.6 Å². The molecular formula is C27H22N2O7. The van der Waals surface area contributed by atoms with Crippen LogP contribution in [-0.4, -0.2) is 51.0 Å². The van der Waals surface area contributed by atoms with E-state index in [1.54, 1.807) is 42.5 Å². The van der Waals surface area contributed by atoms with Crippen LogP contribution in [0.25, 0.3) is 10.9 Å². The molecule has 182 valence electrons. The smallest absolute Gasteiger partial charge is 0.266 e. The van der Waals surface area contributed by atoms with Crippen molar-refractivity contribution in [1.82, 2.24) is 4.98 Å². The van der Waals surface area contributed by atoms with Crippen LogP contribution in [0.5, 0.6) is 23.0 Å². The van der Waals surface area contributed by atoms with Crippen LogP contribution in [0.1, 0.15) is 36.8 Å². The maximum Gasteiger partial charge on any atom is 0.266 e. The van der Waals surface area contributed by atoms with Gasteiger partial charge in [-0.2, -0.15) is 0 Å². The third kappa shape index (κ3) is 3.36. The minimum Gasteiger partial charge on any atom is -0.497 e. The second-order valence-corrected chi connectivity index (χ2v) is 7.99. The normalized spacial score (nSPS) is 12.6. The van der Waals surface area contributed by atoms with Gasteiger partial charge >= 0.3 is 0 Å². The number of aromatic nitrogens is 1. The first-order valence-electron chi connectivity index (χ1n) is 11.0. The molecule has 9 nitrogen and oxygen atoms in total. The summed E-state index contributed by atoms with van der Waals surface area (Å²) in [7, 11) is 5.89. The van der Waals surface area contributed by atoms with E-state index >= 15 is 0 Å². The van der Waals surface area contributed by atoms with Gasteiger partial charge < -0.3 is 23.9 Å². The van der Waals surface area contributed by atoms with Crippen molar-refractivity contribution in [2.24, 2.45) is 0 Å². The summed E-state index contributed by atoms with van der Waals surface area (Å²) in [4.78, 5) is 44.8. The molecule has 9 heteroatoms. The summed E-state index contributed by atoms with van der Waals surface area (Å²) in [5.41, 5.74) is 1.50. The molecule has 4 aromatic rings. The molecule has 1 aliphatic rings. The summed E-state index contributed by atoms with van der Waals surface area (Å²) >= 11 is 0. The second-order valence-electron chi connectivity index (χ2n) is 7.99. The number of carbonyl (C=O) groups excluding carboxylic acids is 3. The Morgan fingerprint density at radius 2 is 1.39 bits per heavy atom. The largest absolute Gasteiger partial charge is 0.497 e. The number of carbonyl (C=O) groups is 3. The third-order valence-corrected chi connectivity index (χ3v) is 6.15. The van der Waals surface area contributed by atoms with Crippen LogP contribution in [0.4, 0.5) is 5.69 Å². The molecule has 0 saturated heterocycles. The number of aromatic amines is 1. The highest BCUT2D eigenvalue weighted by Gasteiger charge is 2.40. The van der Waals surface area contributed by atoms with Crippen LogP contribution in [0, 0.1) is 0 Å². The summed E-state index contributed by atoms with van der Waals surface area (Å²) < 4.78 is 21.5. The Hall–Kier alpha value is -4.79. The maximum atomic E-state index is 13.9. The van der Waals surface area contributed by atoms with Crippen molar-refractivity contribution in [3.8, 4) is 23.0 Å². The summed E-state index contributed by atoms with van der Waals surface area (Å²) in [6.07, 6.45) is 0. The number of imide groups is 1. The van der Waals surface area contributed by atoms with Crippen LogP contribution in [-0.2, 0) is 0 Å². The van der Waals surface area contributed by atoms with E-state index in [4.69, 9.17) is 18.9 Å². The molecule has 3 aromatic carbocycles. The van der Waals surface area contributed by atoms with Crippen molar-refractivity contribution >= 4 is 34.2 Å². The van der Waals surface area contributed by atoms with Gasteiger partial charge in [-0.3, -0.25) is 14.4 Å². The first-order valence-corrected chi connectivity index (χ1v) is 11.0. The van der Waals surface area contributed by atoms with E-state index in [0.29, 0.717) is 33.9 Å². The van der Waals surface area contributed by atoms with Crippen molar-refractivity contribution in [1.29, 1.82) is 0 Å². The number of methoxy groups -OCH3 is 4. The fourth-order valence-electron chi connectivity index (χ4n) is 4.43. The number of nitrogens with one attached hydrogen (secondary N) is 1. The molecule has 0 fully saturated rings. The number of rotatable bonds is 7. The van der Waals surface area contributed by atoms with Crippen molar-refractivity contribution in [2.75, 3.05) is 33.3 Å². The van der Waals surface area contributed by atoms with Gasteiger partial charge in [0.05, 0.1) is 50.8 Å². The number of ether oxygens (including phenoxy) is 4. The SMILES string of the molecule is COc1ccc2c(N3C(=O)c4ccccc4C3=O)c(C(=O)c3cc(OC)c(OC)c(OC)c3)[nH]c2c1. The zero-order valence-corrected chi connectivity index (χ0v) is 20.0.